The maximum Gasteiger partial charge on any atom is 0.0422 e. The van der Waals surface area contributed by atoms with Crippen LogP contribution < -0.4 is 5.32 Å². The van der Waals surface area contributed by atoms with Gasteiger partial charge in [0.25, 0.3) is 0 Å². The summed E-state index contributed by atoms with van der Waals surface area (Å²) in [6, 6.07) is 0. The van der Waals surface area contributed by atoms with Gasteiger partial charge in [-0.25, -0.2) is 0 Å². The van der Waals surface area contributed by atoms with Crippen LogP contribution in [0.5, 0.6) is 0 Å². The number of nitrogens with one attached hydrogen (secondary N) is 1. The lowest BCUT2D eigenvalue weighted by Crippen LogP contribution is -2.30. The topological polar surface area (TPSA) is 15.3 Å². The Bertz CT molecular complexity index is 302. The molecule has 90 valence electrons. The molecule has 1 fully saturated rings. The van der Waals surface area contributed by atoms with Gasteiger partial charge in [0.15, 0.2) is 0 Å². The summed E-state index contributed by atoms with van der Waals surface area (Å²) in [6.07, 6.45) is 5.08. The van der Waals surface area contributed by atoms with Gasteiger partial charge in [-0.3, -0.25) is 4.90 Å². The van der Waals surface area contributed by atoms with Gasteiger partial charge in [0, 0.05) is 29.7 Å². The molecular formula is C12H18Cl2N2. The molecule has 2 aliphatic rings. The number of halogens is 2. The van der Waals surface area contributed by atoms with E-state index < -0.39 is 0 Å². The first-order valence-electron chi connectivity index (χ1n) is 5.92. The smallest absolute Gasteiger partial charge is 0.0422 e. The quantitative estimate of drug-likeness (QED) is 0.822. The van der Waals surface area contributed by atoms with Crippen molar-refractivity contribution in [1.29, 1.82) is 0 Å². The molecule has 0 aromatic carbocycles. The van der Waals surface area contributed by atoms with Crippen molar-refractivity contribution in [3.63, 3.8) is 0 Å². The van der Waals surface area contributed by atoms with Crippen molar-refractivity contribution in [3.05, 3.63) is 21.7 Å². The Balaban J connectivity index is 1.95. The van der Waals surface area contributed by atoms with Crippen molar-refractivity contribution in [2.45, 2.75) is 19.3 Å². The normalized spacial score (nSPS) is 24.2. The highest BCUT2D eigenvalue weighted by molar-refractivity contribution is 6.35. The Morgan fingerprint density at radius 3 is 2.88 bits per heavy atom. The first kappa shape index (κ1) is 12.4. The van der Waals surface area contributed by atoms with Gasteiger partial charge in [-0.2, -0.15) is 0 Å². The molecule has 0 aromatic rings. The summed E-state index contributed by atoms with van der Waals surface area (Å²) in [4.78, 5) is 2.48. The van der Waals surface area contributed by atoms with E-state index in [4.69, 9.17) is 23.2 Å². The number of hydrogen-bond acceptors (Lipinski definition) is 2. The molecule has 0 spiro atoms. The van der Waals surface area contributed by atoms with Crippen LogP contribution in [0.1, 0.15) is 19.3 Å². The van der Waals surface area contributed by atoms with Crippen molar-refractivity contribution in [3.8, 4) is 0 Å². The van der Waals surface area contributed by atoms with Crippen LogP contribution in [0, 0.1) is 0 Å². The number of nitrogens with zero attached hydrogens (tertiary/aromatic N) is 1. The van der Waals surface area contributed by atoms with Gasteiger partial charge in [0.05, 0.1) is 0 Å². The molecule has 0 aromatic heterocycles. The molecule has 0 radical (unpaired) electrons. The van der Waals surface area contributed by atoms with Crippen molar-refractivity contribution < 1.29 is 0 Å². The number of allylic oxidation sites excluding steroid dienone is 3. The standard InChI is InChI=1S/C12H18Cl2N2/c13-11-3-2-10(12(14)8-11)9-16-6-1-4-15-5-7-16/h8,15H,1-7,9H2. The summed E-state index contributed by atoms with van der Waals surface area (Å²) in [6.45, 7) is 5.50. The zero-order chi connectivity index (χ0) is 11.4. The minimum absolute atomic E-state index is 0.855. The van der Waals surface area contributed by atoms with E-state index in [2.05, 4.69) is 10.2 Å². The molecule has 1 aliphatic carbocycles. The van der Waals surface area contributed by atoms with Crippen molar-refractivity contribution in [2.24, 2.45) is 0 Å². The van der Waals surface area contributed by atoms with Gasteiger partial charge >= 0.3 is 0 Å². The zero-order valence-corrected chi connectivity index (χ0v) is 10.9. The van der Waals surface area contributed by atoms with E-state index in [-0.39, 0.29) is 0 Å². The molecule has 0 saturated carbocycles. The van der Waals surface area contributed by atoms with Gasteiger partial charge in [0.1, 0.15) is 0 Å². The van der Waals surface area contributed by atoms with Crippen molar-refractivity contribution >= 4 is 23.2 Å². The summed E-state index contributed by atoms with van der Waals surface area (Å²) in [5.74, 6) is 0. The molecule has 1 heterocycles. The van der Waals surface area contributed by atoms with Crippen LogP contribution >= 0.6 is 23.2 Å². The molecule has 4 heteroatoms. The SMILES string of the molecule is ClC1=CC(Cl)=C(CN2CCCNCC2)CC1. The van der Waals surface area contributed by atoms with E-state index in [1.807, 2.05) is 6.08 Å². The summed E-state index contributed by atoms with van der Waals surface area (Å²) < 4.78 is 0. The minimum Gasteiger partial charge on any atom is -0.315 e. The molecule has 0 atom stereocenters. The summed E-state index contributed by atoms with van der Waals surface area (Å²) in [5, 5.41) is 5.14. The van der Waals surface area contributed by atoms with E-state index in [1.165, 1.54) is 12.0 Å². The lowest BCUT2D eigenvalue weighted by Gasteiger charge is -2.23. The maximum atomic E-state index is 6.21. The number of rotatable bonds is 2. The second-order valence-corrected chi connectivity index (χ2v) is 5.32. The largest absolute Gasteiger partial charge is 0.315 e. The van der Waals surface area contributed by atoms with Crippen molar-refractivity contribution in [1.82, 2.24) is 10.2 Å². The van der Waals surface area contributed by atoms with E-state index in [9.17, 15) is 0 Å². The van der Waals surface area contributed by atoms with Gasteiger partial charge in [-0.05, 0) is 44.0 Å². The van der Waals surface area contributed by atoms with Crippen LogP contribution in [0.15, 0.2) is 21.7 Å². The van der Waals surface area contributed by atoms with E-state index >= 15 is 0 Å². The molecule has 0 bridgehead atoms. The fraction of sp³-hybridized carbons (Fsp3) is 0.667. The Morgan fingerprint density at radius 1 is 1.19 bits per heavy atom. The fourth-order valence-electron chi connectivity index (χ4n) is 2.19. The molecule has 0 unspecified atom stereocenters. The molecular weight excluding hydrogens is 243 g/mol. The molecule has 1 saturated heterocycles. The maximum absolute atomic E-state index is 6.21. The summed E-state index contributed by atoms with van der Waals surface area (Å²) >= 11 is 12.2. The highest BCUT2D eigenvalue weighted by atomic mass is 35.5. The van der Waals surface area contributed by atoms with E-state index in [0.717, 1.165) is 55.6 Å². The fourth-order valence-corrected chi connectivity index (χ4v) is 2.73. The molecule has 0 amide bonds. The second-order valence-electron chi connectivity index (χ2n) is 4.42. The molecule has 16 heavy (non-hydrogen) atoms. The monoisotopic (exact) mass is 260 g/mol. The summed E-state index contributed by atoms with van der Waals surface area (Å²) in [5.41, 5.74) is 1.34. The third-order valence-electron chi connectivity index (χ3n) is 3.13. The molecule has 2 nitrogen and oxygen atoms in total. The van der Waals surface area contributed by atoms with Crippen molar-refractivity contribution in [2.75, 3.05) is 32.7 Å². The third-order valence-corrected chi connectivity index (χ3v) is 3.81. The lowest BCUT2D eigenvalue weighted by atomic mass is 10.0. The van der Waals surface area contributed by atoms with Crippen LogP contribution in [-0.4, -0.2) is 37.6 Å². The molecule has 2 rings (SSSR count). The lowest BCUT2D eigenvalue weighted by molar-refractivity contribution is 0.313. The third kappa shape index (κ3) is 3.49. The Labute approximate surface area is 107 Å². The van der Waals surface area contributed by atoms with Gasteiger partial charge < -0.3 is 5.32 Å². The van der Waals surface area contributed by atoms with Gasteiger partial charge in [-0.15, -0.1) is 0 Å². The first-order valence-corrected chi connectivity index (χ1v) is 6.68. The highest BCUT2D eigenvalue weighted by Crippen LogP contribution is 2.28. The van der Waals surface area contributed by atoms with Crippen LogP contribution in [0.2, 0.25) is 0 Å². The highest BCUT2D eigenvalue weighted by Gasteiger charge is 2.15. The van der Waals surface area contributed by atoms with Crippen LogP contribution in [0.3, 0.4) is 0 Å². The predicted octanol–water partition coefficient (Wildman–Crippen LogP) is 2.69. The van der Waals surface area contributed by atoms with Crippen LogP contribution in [0.4, 0.5) is 0 Å². The zero-order valence-electron chi connectivity index (χ0n) is 9.44. The molecule has 1 N–H and O–H groups in total. The Kier molecular flexibility index (Phi) is 4.71. The average molecular weight is 261 g/mol. The predicted molar refractivity (Wildman–Crippen MR) is 70.0 cm³/mol. The minimum atomic E-state index is 0.855. The Morgan fingerprint density at radius 2 is 2.06 bits per heavy atom. The van der Waals surface area contributed by atoms with Crippen LogP contribution in [-0.2, 0) is 0 Å². The average Bonchev–Trinajstić information content (AvgIpc) is 2.51. The molecule has 1 aliphatic heterocycles. The van der Waals surface area contributed by atoms with Crippen LogP contribution in [0.25, 0.3) is 0 Å². The summed E-state index contributed by atoms with van der Waals surface area (Å²) in [7, 11) is 0. The Hall–Kier alpha value is -0.0200. The van der Waals surface area contributed by atoms with E-state index in [0.29, 0.717) is 0 Å². The van der Waals surface area contributed by atoms with Gasteiger partial charge in [-0.1, -0.05) is 23.2 Å². The number of hydrogen-bond donors (Lipinski definition) is 1. The second kappa shape index (κ2) is 6.06. The van der Waals surface area contributed by atoms with Gasteiger partial charge in [0.2, 0.25) is 0 Å². The first-order chi connectivity index (χ1) is 7.75. The van der Waals surface area contributed by atoms with E-state index in [1.54, 1.807) is 0 Å².